The van der Waals surface area contributed by atoms with Crippen molar-refractivity contribution in [2.24, 2.45) is 0 Å². The molecule has 7 heteroatoms. The van der Waals surface area contributed by atoms with E-state index in [4.69, 9.17) is 16.3 Å². The number of aromatic hydroxyl groups is 1. The summed E-state index contributed by atoms with van der Waals surface area (Å²) in [4.78, 5) is 23.9. The maximum absolute atomic E-state index is 12.3. The molecule has 1 unspecified atom stereocenters. The molecule has 1 atom stereocenters. The third-order valence-corrected chi connectivity index (χ3v) is 3.77. The average molecular weight is 364 g/mol. The van der Waals surface area contributed by atoms with Crippen LogP contribution < -0.4 is 10.1 Å². The Hall–Kier alpha value is -2.73. The van der Waals surface area contributed by atoms with Gasteiger partial charge < -0.3 is 19.9 Å². The van der Waals surface area contributed by atoms with E-state index in [1.165, 1.54) is 25.3 Å². The number of phenolic OH excluding ortho intramolecular Hbond substituents is 1. The molecular weight excluding hydrogens is 346 g/mol. The second-order valence-electron chi connectivity index (χ2n) is 5.38. The molecule has 0 fully saturated rings. The van der Waals surface area contributed by atoms with Crippen molar-refractivity contribution >= 4 is 29.2 Å². The maximum Gasteiger partial charge on any atom is 0.341 e. The van der Waals surface area contributed by atoms with Crippen LogP contribution in [0.2, 0.25) is 5.02 Å². The molecule has 2 N–H and O–H groups in total. The molecule has 1 amide bonds. The standard InChI is InChI=1S/C18H18ClNO5/c1-10-7-8-13(19)15(9-10)25-11(2)17(22)20-14-6-4-5-12(16(14)21)18(23)24-3/h4-9,11,21H,1-3H3,(H,20,22). The van der Waals surface area contributed by atoms with Crippen molar-refractivity contribution < 1.29 is 24.2 Å². The number of phenols is 1. The SMILES string of the molecule is COC(=O)c1cccc(NC(=O)C(C)Oc2cc(C)ccc2Cl)c1O. The number of ether oxygens (including phenoxy) is 2. The zero-order chi connectivity index (χ0) is 18.6. The molecule has 0 saturated heterocycles. The van der Waals surface area contributed by atoms with Crippen molar-refractivity contribution in [1.82, 2.24) is 0 Å². The zero-order valence-electron chi connectivity index (χ0n) is 14.0. The molecule has 0 saturated carbocycles. The monoisotopic (exact) mass is 363 g/mol. The number of aryl methyl sites for hydroxylation is 1. The van der Waals surface area contributed by atoms with Gasteiger partial charge >= 0.3 is 5.97 Å². The highest BCUT2D eigenvalue weighted by Gasteiger charge is 2.20. The lowest BCUT2D eigenvalue weighted by molar-refractivity contribution is -0.122. The number of hydrogen-bond donors (Lipinski definition) is 2. The van der Waals surface area contributed by atoms with Crippen LogP contribution in [0, 0.1) is 6.92 Å². The fourth-order valence-electron chi connectivity index (χ4n) is 2.10. The highest BCUT2D eigenvalue weighted by molar-refractivity contribution is 6.32. The molecule has 0 bridgehead atoms. The van der Waals surface area contributed by atoms with Crippen LogP contribution in [0.1, 0.15) is 22.8 Å². The summed E-state index contributed by atoms with van der Waals surface area (Å²) in [7, 11) is 1.20. The predicted molar refractivity (Wildman–Crippen MR) is 94.4 cm³/mol. The number of carbonyl (C=O) groups excluding carboxylic acids is 2. The van der Waals surface area contributed by atoms with Gasteiger partial charge in [-0.2, -0.15) is 0 Å². The third-order valence-electron chi connectivity index (χ3n) is 3.46. The maximum atomic E-state index is 12.3. The minimum Gasteiger partial charge on any atom is -0.505 e. The molecule has 2 rings (SSSR count). The van der Waals surface area contributed by atoms with Gasteiger partial charge in [-0.1, -0.05) is 23.7 Å². The average Bonchev–Trinajstić information content (AvgIpc) is 2.59. The Labute approximate surface area is 150 Å². The number of hydrogen-bond acceptors (Lipinski definition) is 5. The molecule has 0 aliphatic heterocycles. The predicted octanol–water partition coefficient (Wildman–Crippen LogP) is 3.55. The van der Waals surface area contributed by atoms with Gasteiger partial charge in [0.2, 0.25) is 0 Å². The van der Waals surface area contributed by atoms with Crippen LogP contribution in [0.3, 0.4) is 0 Å². The number of carbonyl (C=O) groups is 2. The Kier molecular flexibility index (Phi) is 5.88. The van der Waals surface area contributed by atoms with E-state index in [-0.39, 0.29) is 17.0 Å². The highest BCUT2D eigenvalue weighted by Crippen LogP contribution is 2.29. The van der Waals surface area contributed by atoms with E-state index in [0.717, 1.165) is 5.56 Å². The normalized spacial score (nSPS) is 11.5. The first-order valence-corrected chi connectivity index (χ1v) is 7.85. The van der Waals surface area contributed by atoms with Gasteiger partial charge in [0.15, 0.2) is 11.9 Å². The summed E-state index contributed by atoms with van der Waals surface area (Å²) in [5.74, 6) is -1.19. The summed E-state index contributed by atoms with van der Waals surface area (Å²) in [6.45, 7) is 3.43. The fraction of sp³-hybridized carbons (Fsp3) is 0.222. The smallest absolute Gasteiger partial charge is 0.341 e. The molecule has 0 aliphatic rings. The lowest BCUT2D eigenvalue weighted by atomic mass is 10.1. The molecule has 0 spiro atoms. The van der Waals surface area contributed by atoms with Gasteiger partial charge in [-0.05, 0) is 43.7 Å². The Morgan fingerprint density at radius 3 is 2.64 bits per heavy atom. The first-order valence-electron chi connectivity index (χ1n) is 7.47. The lowest BCUT2D eigenvalue weighted by Gasteiger charge is -2.17. The topological polar surface area (TPSA) is 84.9 Å². The van der Waals surface area contributed by atoms with E-state index in [9.17, 15) is 14.7 Å². The van der Waals surface area contributed by atoms with E-state index in [2.05, 4.69) is 10.1 Å². The number of esters is 1. The minimum atomic E-state index is -0.875. The number of rotatable bonds is 5. The van der Waals surface area contributed by atoms with Gasteiger partial charge in [-0.25, -0.2) is 4.79 Å². The quantitative estimate of drug-likeness (QED) is 0.627. The molecule has 25 heavy (non-hydrogen) atoms. The van der Waals surface area contributed by atoms with Crippen LogP contribution in [-0.2, 0) is 9.53 Å². The van der Waals surface area contributed by atoms with E-state index >= 15 is 0 Å². The Balaban J connectivity index is 2.14. The Morgan fingerprint density at radius 1 is 1.24 bits per heavy atom. The second kappa shape index (κ2) is 7.90. The lowest BCUT2D eigenvalue weighted by Crippen LogP contribution is -2.30. The molecule has 2 aromatic carbocycles. The molecule has 0 aromatic heterocycles. The number of nitrogens with one attached hydrogen (secondary N) is 1. The second-order valence-corrected chi connectivity index (χ2v) is 5.78. The van der Waals surface area contributed by atoms with Gasteiger partial charge in [0.1, 0.15) is 11.3 Å². The molecule has 0 heterocycles. The summed E-state index contributed by atoms with van der Waals surface area (Å²) < 4.78 is 10.2. The number of anilines is 1. The van der Waals surface area contributed by atoms with Crippen molar-refractivity contribution in [1.29, 1.82) is 0 Å². The van der Waals surface area contributed by atoms with Gasteiger partial charge in [0.25, 0.3) is 5.91 Å². The van der Waals surface area contributed by atoms with Crippen LogP contribution in [0.5, 0.6) is 11.5 Å². The zero-order valence-corrected chi connectivity index (χ0v) is 14.8. The summed E-state index contributed by atoms with van der Waals surface area (Å²) in [5, 5.41) is 13.0. The van der Waals surface area contributed by atoms with E-state index in [1.807, 2.05) is 13.0 Å². The van der Waals surface area contributed by atoms with Crippen LogP contribution in [-0.4, -0.2) is 30.2 Å². The van der Waals surface area contributed by atoms with Crippen molar-refractivity contribution in [3.8, 4) is 11.5 Å². The summed E-state index contributed by atoms with van der Waals surface area (Å²) >= 11 is 6.05. The first kappa shape index (κ1) is 18.6. The van der Waals surface area contributed by atoms with Gasteiger partial charge in [-0.15, -0.1) is 0 Å². The van der Waals surface area contributed by atoms with Crippen LogP contribution in [0.4, 0.5) is 5.69 Å². The largest absolute Gasteiger partial charge is 0.505 e. The van der Waals surface area contributed by atoms with E-state index < -0.39 is 18.0 Å². The number of halogens is 1. The third kappa shape index (κ3) is 4.42. The summed E-state index contributed by atoms with van der Waals surface area (Å²) in [5.41, 5.74) is 0.977. The molecule has 2 aromatic rings. The van der Waals surface area contributed by atoms with Gasteiger partial charge in [-0.3, -0.25) is 4.79 Å². The van der Waals surface area contributed by atoms with Crippen LogP contribution >= 0.6 is 11.6 Å². The molecule has 6 nitrogen and oxygen atoms in total. The van der Waals surface area contributed by atoms with E-state index in [1.54, 1.807) is 19.1 Å². The molecule has 132 valence electrons. The molecular formula is C18H18ClNO5. The Bertz CT molecular complexity index is 806. The van der Waals surface area contributed by atoms with Gasteiger partial charge in [0, 0.05) is 0 Å². The van der Waals surface area contributed by atoms with Crippen molar-refractivity contribution in [2.75, 3.05) is 12.4 Å². The van der Waals surface area contributed by atoms with Crippen LogP contribution in [0.15, 0.2) is 36.4 Å². The fourth-order valence-corrected chi connectivity index (χ4v) is 2.26. The van der Waals surface area contributed by atoms with Crippen molar-refractivity contribution in [2.45, 2.75) is 20.0 Å². The molecule has 0 aliphatic carbocycles. The molecule has 0 radical (unpaired) electrons. The van der Waals surface area contributed by atoms with E-state index in [0.29, 0.717) is 10.8 Å². The number of methoxy groups -OCH3 is 1. The highest BCUT2D eigenvalue weighted by atomic mass is 35.5. The Morgan fingerprint density at radius 2 is 1.96 bits per heavy atom. The number of amides is 1. The summed E-state index contributed by atoms with van der Waals surface area (Å²) in [6, 6.07) is 9.61. The first-order chi connectivity index (χ1) is 11.8. The van der Waals surface area contributed by atoms with Gasteiger partial charge in [0.05, 0.1) is 17.8 Å². The minimum absolute atomic E-state index is 0.0457. The van der Waals surface area contributed by atoms with Crippen LogP contribution in [0.25, 0.3) is 0 Å². The van der Waals surface area contributed by atoms with Crippen molar-refractivity contribution in [3.63, 3.8) is 0 Å². The number of benzene rings is 2. The summed E-state index contributed by atoms with van der Waals surface area (Å²) in [6.07, 6.45) is -0.875. The number of para-hydroxylation sites is 1. The van der Waals surface area contributed by atoms with Crippen molar-refractivity contribution in [3.05, 3.63) is 52.5 Å².